The fourth-order valence-corrected chi connectivity index (χ4v) is 1.29. The predicted molar refractivity (Wildman–Crippen MR) is 57.7 cm³/mol. The molecule has 0 atom stereocenters. The lowest BCUT2D eigenvalue weighted by Gasteiger charge is -2.05. The summed E-state index contributed by atoms with van der Waals surface area (Å²) in [6, 6.07) is 3.67. The minimum Gasteiger partial charge on any atom is -0.377 e. The van der Waals surface area contributed by atoms with Gasteiger partial charge >= 0.3 is 0 Å². The van der Waals surface area contributed by atoms with E-state index in [1.807, 2.05) is 19.9 Å². The summed E-state index contributed by atoms with van der Waals surface area (Å²) in [5, 5.41) is 2.55. The number of ether oxygens (including phenoxy) is 1. The highest BCUT2D eigenvalue weighted by molar-refractivity contribution is 5.92. The van der Waals surface area contributed by atoms with Gasteiger partial charge in [0.15, 0.2) is 0 Å². The minimum absolute atomic E-state index is 0.170. The first-order valence-corrected chi connectivity index (χ1v) is 4.94. The topological polar surface area (TPSA) is 51.2 Å². The van der Waals surface area contributed by atoms with E-state index in [-0.39, 0.29) is 5.91 Å². The zero-order chi connectivity index (χ0) is 11.3. The van der Waals surface area contributed by atoms with E-state index in [9.17, 15) is 4.79 Å². The maximum Gasteiger partial charge on any atom is 0.269 e. The van der Waals surface area contributed by atoms with Crippen LogP contribution in [-0.2, 0) is 11.3 Å². The molecular formula is C11H16N2O2. The number of amides is 1. The zero-order valence-corrected chi connectivity index (χ0v) is 9.33. The second kappa shape index (κ2) is 5.46. The second-order valence-corrected chi connectivity index (χ2v) is 3.22. The van der Waals surface area contributed by atoms with Crippen LogP contribution in [0.5, 0.6) is 0 Å². The Labute approximate surface area is 89.7 Å². The van der Waals surface area contributed by atoms with Gasteiger partial charge in [-0.15, -0.1) is 0 Å². The molecule has 1 aromatic heterocycles. The van der Waals surface area contributed by atoms with Gasteiger partial charge in [-0.05, 0) is 31.5 Å². The smallest absolute Gasteiger partial charge is 0.269 e. The summed E-state index contributed by atoms with van der Waals surface area (Å²) >= 11 is 0. The van der Waals surface area contributed by atoms with Crippen LogP contribution >= 0.6 is 0 Å². The summed E-state index contributed by atoms with van der Waals surface area (Å²) in [5.41, 5.74) is 2.24. The van der Waals surface area contributed by atoms with Crippen molar-refractivity contribution in [2.75, 3.05) is 13.7 Å². The van der Waals surface area contributed by atoms with E-state index in [1.54, 1.807) is 13.1 Å². The molecule has 0 aliphatic rings. The number of nitrogens with one attached hydrogen (secondary N) is 1. The van der Waals surface area contributed by atoms with Crippen LogP contribution in [0.1, 0.15) is 28.7 Å². The zero-order valence-electron chi connectivity index (χ0n) is 9.33. The van der Waals surface area contributed by atoms with E-state index in [4.69, 9.17) is 4.74 Å². The molecular weight excluding hydrogens is 192 g/mol. The van der Waals surface area contributed by atoms with Crippen LogP contribution in [0.2, 0.25) is 0 Å². The summed E-state index contributed by atoms with van der Waals surface area (Å²) in [7, 11) is 1.59. The Kier molecular flexibility index (Phi) is 4.24. The molecule has 1 amide bonds. The SMILES string of the molecule is CCOCc1cc(C)nc(C(=O)NC)c1. The summed E-state index contributed by atoms with van der Waals surface area (Å²) in [6.07, 6.45) is 0. The number of hydrogen-bond acceptors (Lipinski definition) is 3. The van der Waals surface area contributed by atoms with E-state index >= 15 is 0 Å². The Morgan fingerprint density at radius 2 is 2.27 bits per heavy atom. The lowest BCUT2D eigenvalue weighted by Crippen LogP contribution is -2.19. The molecule has 1 aromatic rings. The lowest BCUT2D eigenvalue weighted by molar-refractivity contribution is 0.0957. The number of aryl methyl sites for hydroxylation is 1. The average Bonchev–Trinajstić information content (AvgIpc) is 2.24. The van der Waals surface area contributed by atoms with E-state index in [0.29, 0.717) is 18.9 Å². The third-order valence-corrected chi connectivity index (χ3v) is 1.95. The molecule has 0 bridgehead atoms. The van der Waals surface area contributed by atoms with Crippen LogP contribution in [0.15, 0.2) is 12.1 Å². The van der Waals surface area contributed by atoms with Crippen molar-refractivity contribution in [2.45, 2.75) is 20.5 Å². The molecule has 0 fully saturated rings. The van der Waals surface area contributed by atoms with E-state index in [1.165, 1.54) is 0 Å². The molecule has 0 aromatic carbocycles. The molecule has 1 heterocycles. The van der Waals surface area contributed by atoms with Gasteiger partial charge < -0.3 is 10.1 Å². The third-order valence-electron chi connectivity index (χ3n) is 1.95. The molecule has 0 radical (unpaired) electrons. The van der Waals surface area contributed by atoms with Crippen molar-refractivity contribution in [1.82, 2.24) is 10.3 Å². The summed E-state index contributed by atoms with van der Waals surface area (Å²) in [5.74, 6) is -0.170. The van der Waals surface area contributed by atoms with Gasteiger partial charge in [-0.1, -0.05) is 0 Å². The van der Waals surface area contributed by atoms with E-state index in [2.05, 4.69) is 10.3 Å². The van der Waals surface area contributed by atoms with Gasteiger partial charge in [-0.25, -0.2) is 4.98 Å². The van der Waals surface area contributed by atoms with Crippen molar-refractivity contribution in [1.29, 1.82) is 0 Å². The Morgan fingerprint density at radius 1 is 1.53 bits per heavy atom. The molecule has 0 saturated heterocycles. The van der Waals surface area contributed by atoms with Gasteiger partial charge in [-0.3, -0.25) is 4.79 Å². The fourth-order valence-electron chi connectivity index (χ4n) is 1.29. The highest BCUT2D eigenvalue weighted by atomic mass is 16.5. The number of aromatic nitrogens is 1. The van der Waals surface area contributed by atoms with Gasteiger partial charge in [0.1, 0.15) is 5.69 Å². The van der Waals surface area contributed by atoms with Gasteiger partial charge in [-0.2, -0.15) is 0 Å². The molecule has 1 rings (SSSR count). The summed E-state index contributed by atoms with van der Waals surface area (Å²) < 4.78 is 5.28. The van der Waals surface area contributed by atoms with Crippen molar-refractivity contribution in [2.24, 2.45) is 0 Å². The maximum absolute atomic E-state index is 11.4. The molecule has 0 aliphatic carbocycles. The fraction of sp³-hybridized carbons (Fsp3) is 0.455. The molecule has 15 heavy (non-hydrogen) atoms. The first-order chi connectivity index (χ1) is 7.17. The molecule has 0 aliphatic heterocycles. The van der Waals surface area contributed by atoms with Crippen molar-refractivity contribution in [3.63, 3.8) is 0 Å². The van der Waals surface area contributed by atoms with Crippen LogP contribution in [0.3, 0.4) is 0 Å². The maximum atomic E-state index is 11.4. The molecule has 0 saturated carbocycles. The minimum atomic E-state index is -0.170. The number of nitrogens with zero attached hydrogens (tertiary/aromatic N) is 1. The van der Waals surface area contributed by atoms with Crippen LogP contribution in [0.4, 0.5) is 0 Å². The Balaban J connectivity index is 2.89. The molecule has 0 spiro atoms. The van der Waals surface area contributed by atoms with Crippen LogP contribution in [0.25, 0.3) is 0 Å². The first kappa shape index (κ1) is 11.7. The second-order valence-electron chi connectivity index (χ2n) is 3.22. The molecule has 82 valence electrons. The normalized spacial score (nSPS) is 10.1. The molecule has 4 nitrogen and oxygen atoms in total. The highest BCUT2D eigenvalue weighted by Gasteiger charge is 2.07. The van der Waals surface area contributed by atoms with Crippen molar-refractivity contribution < 1.29 is 9.53 Å². The summed E-state index contributed by atoms with van der Waals surface area (Å²) in [6.45, 7) is 4.98. The van der Waals surface area contributed by atoms with Crippen LogP contribution in [-0.4, -0.2) is 24.5 Å². The highest BCUT2D eigenvalue weighted by Crippen LogP contribution is 2.07. The number of rotatable bonds is 4. The van der Waals surface area contributed by atoms with Crippen LogP contribution < -0.4 is 5.32 Å². The third kappa shape index (κ3) is 3.32. The molecule has 4 heteroatoms. The van der Waals surface area contributed by atoms with Crippen molar-refractivity contribution in [3.05, 3.63) is 29.1 Å². The quantitative estimate of drug-likeness (QED) is 0.811. The van der Waals surface area contributed by atoms with Gasteiger partial charge in [0.2, 0.25) is 0 Å². The number of carbonyl (C=O) groups is 1. The Morgan fingerprint density at radius 3 is 2.87 bits per heavy atom. The van der Waals surface area contributed by atoms with E-state index < -0.39 is 0 Å². The monoisotopic (exact) mass is 208 g/mol. The Bertz CT molecular complexity index is 350. The van der Waals surface area contributed by atoms with Crippen molar-refractivity contribution in [3.8, 4) is 0 Å². The molecule has 0 unspecified atom stereocenters. The van der Waals surface area contributed by atoms with Gasteiger partial charge in [0, 0.05) is 19.3 Å². The van der Waals surface area contributed by atoms with Gasteiger partial charge in [0.05, 0.1) is 6.61 Å². The first-order valence-electron chi connectivity index (χ1n) is 4.94. The van der Waals surface area contributed by atoms with Crippen molar-refractivity contribution >= 4 is 5.91 Å². The number of hydrogen-bond donors (Lipinski definition) is 1. The van der Waals surface area contributed by atoms with Crippen LogP contribution in [0, 0.1) is 6.92 Å². The molecule has 1 N–H and O–H groups in total. The number of pyridine rings is 1. The lowest BCUT2D eigenvalue weighted by atomic mass is 10.2. The Hall–Kier alpha value is -1.42. The average molecular weight is 208 g/mol. The van der Waals surface area contributed by atoms with E-state index in [0.717, 1.165) is 11.3 Å². The standard InChI is InChI=1S/C11H16N2O2/c1-4-15-7-9-5-8(2)13-10(6-9)11(14)12-3/h5-6H,4,7H2,1-3H3,(H,12,14). The van der Waals surface area contributed by atoms with Gasteiger partial charge in [0.25, 0.3) is 5.91 Å². The predicted octanol–water partition coefficient (Wildman–Crippen LogP) is 1.29. The largest absolute Gasteiger partial charge is 0.377 e. The summed E-state index contributed by atoms with van der Waals surface area (Å²) in [4.78, 5) is 15.5. The number of carbonyl (C=O) groups excluding carboxylic acids is 1.